The van der Waals surface area contributed by atoms with Crippen LogP contribution in [0.3, 0.4) is 0 Å². The van der Waals surface area contributed by atoms with Crippen LogP contribution < -0.4 is 0 Å². The molecule has 6 nitrogen and oxygen atoms in total. The maximum atomic E-state index is 12.8. The molecule has 2 aliphatic rings. The first-order chi connectivity index (χ1) is 12.6. The smallest absolute Gasteiger partial charge is 0.229 e. The standard InChI is InChI=1S/C19H21N3O3S/c23-16-8-9-17(24)22(16)12-10-18(25)21-11-4-3-6-14(21)19-20-13-5-1-2-7-15(13)26-19/h1-2,5,7,14H,3-4,6,8-12H2/t14-/m1/s1. The van der Waals surface area contributed by atoms with E-state index in [1.54, 1.807) is 11.3 Å². The number of imide groups is 1. The second-order valence-corrected chi connectivity index (χ2v) is 7.87. The molecule has 2 aromatic rings. The van der Waals surface area contributed by atoms with Crippen LogP contribution >= 0.6 is 11.3 Å². The molecule has 2 saturated heterocycles. The number of fused-ring (bicyclic) bond motifs is 1. The Bertz CT molecular complexity index is 814. The molecule has 2 aliphatic heterocycles. The Balaban J connectivity index is 1.48. The highest BCUT2D eigenvalue weighted by atomic mass is 32.1. The van der Waals surface area contributed by atoms with Crippen LogP contribution in [0, 0.1) is 0 Å². The quantitative estimate of drug-likeness (QED) is 0.775. The lowest BCUT2D eigenvalue weighted by Gasteiger charge is -2.35. The molecule has 3 amide bonds. The molecule has 1 aromatic carbocycles. The first-order valence-electron chi connectivity index (χ1n) is 9.11. The molecular formula is C19H21N3O3S. The summed E-state index contributed by atoms with van der Waals surface area (Å²) in [6.07, 6.45) is 3.70. The summed E-state index contributed by atoms with van der Waals surface area (Å²) in [5, 5.41) is 0.979. The minimum atomic E-state index is -0.163. The Morgan fingerprint density at radius 3 is 2.69 bits per heavy atom. The van der Waals surface area contributed by atoms with Crippen molar-refractivity contribution >= 4 is 39.3 Å². The lowest BCUT2D eigenvalue weighted by molar-refractivity contribution is -0.140. The predicted octanol–water partition coefficient (Wildman–Crippen LogP) is 2.89. The van der Waals surface area contributed by atoms with E-state index in [9.17, 15) is 14.4 Å². The maximum absolute atomic E-state index is 12.8. The van der Waals surface area contributed by atoms with E-state index in [1.807, 2.05) is 23.1 Å². The third-order valence-corrected chi connectivity index (χ3v) is 6.26. The topological polar surface area (TPSA) is 70.6 Å². The van der Waals surface area contributed by atoms with Crippen LogP contribution in [0.4, 0.5) is 0 Å². The molecule has 1 aromatic heterocycles. The second kappa shape index (κ2) is 7.15. The molecule has 2 fully saturated rings. The zero-order valence-electron chi connectivity index (χ0n) is 14.5. The van der Waals surface area contributed by atoms with Crippen LogP contribution in [0.1, 0.15) is 49.6 Å². The van der Waals surface area contributed by atoms with Crippen LogP contribution in [-0.2, 0) is 14.4 Å². The fourth-order valence-corrected chi connectivity index (χ4v) is 4.86. The Hall–Kier alpha value is -2.28. The molecule has 1 atom stereocenters. The second-order valence-electron chi connectivity index (χ2n) is 6.81. The van der Waals surface area contributed by atoms with Gasteiger partial charge in [0.2, 0.25) is 17.7 Å². The lowest BCUT2D eigenvalue weighted by atomic mass is 10.0. The van der Waals surface area contributed by atoms with Gasteiger partial charge in [0, 0.05) is 32.4 Å². The van der Waals surface area contributed by atoms with Crippen molar-refractivity contribution in [2.24, 2.45) is 0 Å². The minimum Gasteiger partial charge on any atom is -0.333 e. The van der Waals surface area contributed by atoms with Gasteiger partial charge in [0.25, 0.3) is 0 Å². The van der Waals surface area contributed by atoms with Gasteiger partial charge in [-0.15, -0.1) is 11.3 Å². The highest BCUT2D eigenvalue weighted by molar-refractivity contribution is 7.18. The number of para-hydroxylation sites is 1. The van der Waals surface area contributed by atoms with E-state index < -0.39 is 0 Å². The van der Waals surface area contributed by atoms with Crippen LogP contribution in [0.25, 0.3) is 10.2 Å². The number of amides is 3. The van der Waals surface area contributed by atoms with Crippen molar-refractivity contribution in [3.8, 4) is 0 Å². The first kappa shape index (κ1) is 17.1. The molecule has 0 unspecified atom stereocenters. The van der Waals surface area contributed by atoms with E-state index >= 15 is 0 Å². The minimum absolute atomic E-state index is 0.00127. The van der Waals surface area contributed by atoms with Gasteiger partial charge < -0.3 is 4.90 Å². The molecule has 26 heavy (non-hydrogen) atoms. The number of piperidine rings is 1. The number of hydrogen-bond acceptors (Lipinski definition) is 5. The molecule has 3 heterocycles. The average Bonchev–Trinajstić information content (AvgIpc) is 3.23. The normalized spacial score (nSPS) is 21.0. The Kier molecular flexibility index (Phi) is 4.72. The van der Waals surface area contributed by atoms with E-state index in [4.69, 9.17) is 4.98 Å². The van der Waals surface area contributed by atoms with E-state index in [-0.39, 0.29) is 49.6 Å². The Morgan fingerprint density at radius 2 is 1.92 bits per heavy atom. The molecule has 0 radical (unpaired) electrons. The van der Waals surface area contributed by atoms with Crippen LogP contribution in [0.5, 0.6) is 0 Å². The SMILES string of the molecule is O=C1CCC(=O)N1CCC(=O)N1CCCC[C@@H]1c1nc2ccccc2s1. The molecule has 0 bridgehead atoms. The number of nitrogens with zero attached hydrogens (tertiary/aromatic N) is 3. The molecule has 7 heteroatoms. The summed E-state index contributed by atoms with van der Waals surface area (Å²) in [5.41, 5.74) is 0.971. The van der Waals surface area contributed by atoms with Crippen molar-refractivity contribution in [2.45, 2.75) is 44.6 Å². The van der Waals surface area contributed by atoms with Crippen LogP contribution in [0.2, 0.25) is 0 Å². The number of carbonyl (C=O) groups is 3. The highest BCUT2D eigenvalue weighted by Gasteiger charge is 2.33. The Labute approximate surface area is 155 Å². The van der Waals surface area contributed by atoms with Gasteiger partial charge in [0.05, 0.1) is 16.3 Å². The molecular weight excluding hydrogens is 350 g/mol. The number of likely N-dealkylation sites (tertiary alicyclic amines) is 2. The fraction of sp³-hybridized carbons (Fsp3) is 0.474. The molecule has 0 saturated carbocycles. The third-order valence-electron chi connectivity index (χ3n) is 5.12. The van der Waals surface area contributed by atoms with Gasteiger partial charge in [-0.1, -0.05) is 12.1 Å². The summed E-state index contributed by atoms with van der Waals surface area (Å²) in [4.78, 5) is 44.1. The van der Waals surface area contributed by atoms with Crippen molar-refractivity contribution in [1.82, 2.24) is 14.8 Å². The van der Waals surface area contributed by atoms with E-state index in [2.05, 4.69) is 6.07 Å². The van der Waals surface area contributed by atoms with Crippen molar-refractivity contribution in [3.63, 3.8) is 0 Å². The molecule has 0 aliphatic carbocycles. The third kappa shape index (κ3) is 3.23. The number of aromatic nitrogens is 1. The number of benzene rings is 1. The van der Waals surface area contributed by atoms with Gasteiger partial charge in [0.15, 0.2) is 0 Å². The van der Waals surface area contributed by atoms with Gasteiger partial charge in [-0.05, 0) is 31.4 Å². The molecule has 4 rings (SSSR count). The van der Waals surface area contributed by atoms with Crippen molar-refractivity contribution in [3.05, 3.63) is 29.3 Å². The van der Waals surface area contributed by atoms with E-state index in [1.165, 1.54) is 4.90 Å². The van der Waals surface area contributed by atoms with Gasteiger partial charge in [-0.3, -0.25) is 19.3 Å². The summed E-state index contributed by atoms with van der Waals surface area (Å²) in [7, 11) is 0. The zero-order valence-corrected chi connectivity index (χ0v) is 15.3. The van der Waals surface area contributed by atoms with Crippen LogP contribution in [0.15, 0.2) is 24.3 Å². The highest BCUT2D eigenvalue weighted by Crippen LogP contribution is 2.36. The average molecular weight is 371 g/mol. The predicted molar refractivity (Wildman–Crippen MR) is 98.5 cm³/mol. The maximum Gasteiger partial charge on any atom is 0.229 e. The largest absolute Gasteiger partial charge is 0.333 e. The van der Waals surface area contributed by atoms with Gasteiger partial charge in [-0.2, -0.15) is 0 Å². The van der Waals surface area contributed by atoms with E-state index in [0.717, 1.165) is 34.5 Å². The van der Waals surface area contributed by atoms with E-state index in [0.29, 0.717) is 6.54 Å². The molecule has 136 valence electrons. The number of thiazole rings is 1. The summed E-state index contributed by atoms with van der Waals surface area (Å²) >= 11 is 1.65. The fourth-order valence-electron chi connectivity index (χ4n) is 3.74. The summed E-state index contributed by atoms with van der Waals surface area (Å²) in [6, 6.07) is 8.02. The van der Waals surface area contributed by atoms with Crippen LogP contribution in [-0.4, -0.2) is 45.6 Å². The van der Waals surface area contributed by atoms with Gasteiger partial charge in [-0.25, -0.2) is 4.98 Å². The first-order valence-corrected chi connectivity index (χ1v) is 9.93. The molecule has 0 N–H and O–H groups in total. The van der Waals surface area contributed by atoms with Gasteiger partial charge >= 0.3 is 0 Å². The summed E-state index contributed by atoms with van der Waals surface area (Å²) < 4.78 is 1.13. The number of carbonyl (C=O) groups excluding carboxylic acids is 3. The summed E-state index contributed by atoms with van der Waals surface area (Å²) in [6.45, 7) is 0.904. The Morgan fingerprint density at radius 1 is 1.15 bits per heavy atom. The van der Waals surface area contributed by atoms with Gasteiger partial charge in [0.1, 0.15) is 5.01 Å². The zero-order chi connectivity index (χ0) is 18.1. The molecule has 0 spiro atoms. The number of rotatable bonds is 4. The van der Waals surface area contributed by atoms with Crippen molar-refractivity contribution in [2.75, 3.05) is 13.1 Å². The number of hydrogen-bond donors (Lipinski definition) is 0. The summed E-state index contributed by atoms with van der Waals surface area (Å²) in [5.74, 6) is -0.324. The lowest BCUT2D eigenvalue weighted by Crippen LogP contribution is -2.40. The van der Waals surface area contributed by atoms with Crippen molar-refractivity contribution in [1.29, 1.82) is 0 Å². The monoisotopic (exact) mass is 371 g/mol. The van der Waals surface area contributed by atoms with Crippen molar-refractivity contribution < 1.29 is 14.4 Å².